The van der Waals surface area contributed by atoms with Crippen molar-refractivity contribution in [3.05, 3.63) is 66.4 Å². The maximum atomic E-state index is 13.3. The second-order valence-electron chi connectivity index (χ2n) is 7.26. The molecule has 2 aromatic carbocycles. The molecule has 1 fully saturated rings. The summed E-state index contributed by atoms with van der Waals surface area (Å²) in [6.07, 6.45) is 2.90. The van der Waals surface area contributed by atoms with Crippen LogP contribution in [0.2, 0.25) is 0 Å². The van der Waals surface area contributed by atoms with Gasteiger partial charge in [0.25, 0.3) is 0 Å². The summed E-state index contributed by atoms with van der Waals surface area (Å²) in [5.41, 5.74) is 1.69. The molecule has 0 atom stereocenters. The third-order valence-electron chi connectivity index (χ3n) is 5.37. The zero-order valence-electron chi connectivity index (χ0n) is 16.3. The molecule has 0 aliphatic carbocycles. The number of pyridine rings is 1. The zero-order valence-corrected chi connectivity index (χ0v) is 17.1. The number of aliphatic carboxylic acids is 1. The van der Waals surface area contributed by atoms with Crippen molar-refractivity contribution in [3.8, 4) is 5.75 Å². The number of carbonyl (C=O) groups is 1. The summed E-state index contributed by atoms with van der Waals surface area (Å²) in [4.78, 5) is 15.2. The van der Waals surface area contributed by atoms with Gasteiger partial charge in [0.1, 0.15) is 5.75 Å². The van der Waals surface area contributed by atoms with Gasteiger partial charge in [0.05, 0.1) is 10.4 Å². The van der Waals surface area contributed by atoms with E-state index in [1.165, 1.54) is 10.5 Å². The van der Waals surface area contributed by atoms with Crippen molar-refractivity contribution in [1.29, 1.82) is 0 Å². The number of fused-ring (bicyclic) bond motifs is 1. The van der Waals surface area contributed by atoms with Crippen molar-refractivity contribution in [2.45, 2.75) is 23.7 Å². The minimum Gasteiger partial charge on any atom is -0.482 e. The van der Waals surface area contributed by atoms with Crippen molar-refractivity contribution in [2.24, 2.45) is 0 Å². The number of hydrogen-bond acceptors (Lipinski definition) is 5. The first-order chi connectivity index (χ1) is 14.4. The lowest BCUT2D eigenvalue weighted by Gasteiger charge is -2.31. The normalized spacial score (nSPS) is 15.9. The number of para-hydroxylation sites is 1. The van der Waals surface area contributed by atoms with Gasteiger partial charge in [0.15, 0.2) is 6.61 Å². The van der Waals surface area contributed by atoms with Crippen molar-refractivity contribution in [2.75, 3.05) is 19.7 Å². The molecular weight excluding hydrogens is 404 g/mol. The van der Waals surface area contributed by atoms with Gasteiger partial charge in [-0.2, -0.15) is 4.31 Å². The van der Waals surface area contributed by atoms with E-state index in [9.17, 15) is 13.2 Å². The predicted octanol–water partition coefficient (Wildman–Crippen LogP) is 3.27. The molecule has 0 amide bonds. The second kappa shape index (κ2) is 8.41. The number of carboxylic acids is 1. The largest absolute Gasteiger partial charge is 0.482 e. The van der Waals surface area contributed by atoms with Gasteiger partial charge in [-0.25, -0.2) is 13.2 Å². The molecule has 0 saturated carbocycles. The quantitative estimate of drug-likeness (QED) is 0.650. The van der Waals surface area contributed by atoms with Crippen LogP contribution in [0.15, 0.2) is 65.7 Å². The van der Waals surface area contributed by atoms with E-state index in [1.54, 1.807) is 24.3 Å². The van der Waals surface area contributed by atoms with Gasteiger partial charge in [0.2, 0.25) is 10.0 Å². The Kier molecular flexibility index (Phi) is 5.69. The van der Waals surface area contributed by atoms with Gasteiger partial charge >= 0.3 is 5.97 Å². The molecule has 4 rings (SSSR count). The van der Waals surface area contributed by atoms with E-state index in [0.717, 1.165) is 5.56 Å². The van der Waals surface area contributed by atoms with Gasteiger partial charge in [-0.3, -0.25) is 4.98 Å². The molecule has 156 valence electrons. The van der Waals surface area contributed by atoms with Crippen LogP contribution in [0.4, 0.5) is 0 Å². The van der Waals surface area contributed by atoms with Crippen LogP contribution in [0.25, 0.3) is 10.9 Å². The Morgan fingerprint density at radius 2 is 1.87 bits per heavy atom. The highest BCUT2D eigenvalue weighted by Crippen LogP contribution is 2.33. The van der Waals surface area contributed by atoms with E-state index in [1.807, 2.05) is 30.3 Å². The summed E-state index contributed by atoms with van der Waals surface area (Å²) < 4.78 is 33.3. The van der Waals surface area contributed by atoms with Crippen molar-refractivity contribution >= 4 is 26.9 Å². The fraction of sp³-hybridized carbons (Fsp3) is 0.273. The molecular formula is C22H22N2O5S. The molecule has 0 spiro atoms. The fourth-order valence-electron chi connectivity index (χ4n) is 3.87. The summed E-state index contributed by atoms with van der Waals surface area (Å²) in [6, 6.07) is 16.2. The number of aromatic nitrogens is 1. The van der Waals surface area contributed by atoms with Gasteiger partial charge in [-0.1, -0.05) is 30.3 Å². The lowest BCUT2D eigenvalue weighted by atomic mass is 9.90. The van der Waals surface area contributed by atoms with E-state index >= 15 is 0 Å². The molecule has 1 aromatic heterocycles. The van der Waals surface area contributed by atoms with Crippen LogP contribution >= 0.6 is 0 Å². The Morgan fingerprint density at radius 3 is 2.63 bits per heavy atom. The Hall–Kier alpha value is -2.97. The van der Waals surface area contributed by atoms with Crippen LogP contribution in [0.1, 0.15) is 24.3 Å². The van der Waals surface area contributed by atoms with E-state index in [0.29, 0.717) is 42.6 Å². The number of sulfonamides is 1. The molecule has 0 bridgehead atoms. The van der Waals surface area contributed by atoms with E-state index < -0.39 is 16.0 Å². The summed E-state index contributed by atoms with van der Waals surface area (Å²) >= 11 is 0. The molecule has 1 N–H and O–H groups in total. The first kappa shape index (κ1) is 20.3. The third-order valence-corrected chi connectivity index (χ3v) is 7.33. The Morgan fingerprint density at radius 1 is 1.10 bits per heavy atom. The van der Waals surface area contributed by atoms with Crippen LogP contribution in [-0.2, 0) is 14.8 Å². The Labute approximate surface area is 175 Å². The standard InChI is InChI=1S/C22H22N2O5S/c25-22(26)15-29-18-5-3-4-17(14-18)16-9-12-24(13-10-16)30(27,28)21-8-11-23-20-7-2-1-6-19(20)21/h1-8,11,14,16H,9-10,12-13,15H2,(H,25,26). The van der Waals surface area contributed by atoms with Gasteiger partial charge in [0, 0.05) is 24.7 Å². The predicted molar refractivity (Wildman–Crippen MR) is 112 cm³/mol. The first-order valence-corrected chi connectivity index (χ1v) is 11.2. The number of piperidine rings is 1. The summed E-state index contributed by atoms with van der Waals surface area (Å²) in [7, 11) is -3.62. The van der Waals surface area contributed by atoms with Gasteiger partial charge in [-0.05, 0) is 48.6 Å². The van der Waals surface area contributed by atoms with Crippen molar-refractivity contribution < 1.29 is 23.1 Å². The van der Waals surface area contributed by atoms with Crippen LogP contribution < -0.4 is 4.74 Å². The van der Waals surface area contributed by atoms with Crippen LogP contribution in [0.5, 0.6) is 5.75 Å². The van der Waals surface area contributed by atoms with E-state index in [-0.39, 0.29) is 17.4 Å². The molecule has 3 aromatic rings. The maximum absolute atomic E-state index is 13.3. The molecule has 8 heteroatoms. The number of benzene rings is 2. The molecule has 1 saturated heterocycles. The number of ether oxygens (including phenoxy) is 1. The average Bonchev–Trinajstić information content (AvgIpc) is 2.77. The van der Waals surface area contributed by atoms with Crippen molar-refractivity contribution in [3.63, 3.8) is 0 Å². The topological polar surface area (TPSA) is 96.8 Å². The smallest absolute Gasteiger partial charge is 0.341 e. The first-order valence-electron chi connectivity index (χ1n) is 9.73. The highest BCUT2D eigenvalue weighted by molar-refractivity contribution is 7.89. The fourth-order valence-corrected chi connectivity index (χ4v) is 5.52. The summed E-state index contributed by atoms with van der Waals surface area (Å²) in [5.74, 6) is -0.324. The SMILES string of the molecule is O=C(O)COc1cccc(C2CCN(S(=O)(=O)c3ccnc4ccccc34)CC2)c1. The Balaban J connectivity index is 1.49. The van der Waals surface area contributed by atoms with E-state index in [4.69, 9.17) is 9.84 Å². The lowest BCUT2D eigenvalue weighted by Crippen LogP contribution is -2.38. The maximum Gasteiger partial charge on any atom is 0.341 e. The number of rotatable bonds is 6. The van der Waals surface area contributed by atoms with Crippen LogP contribution in [0, 0.1) is 0 Å². The van der Waals surface area contributed by atoms with Gasteiger partial charge in [-0.15, -0.1) is 0 Å². The minimum absolute atomic E-state index is 0.194. The van der Waals surface area contributed by atoms with Crippen LogP contribution in [0.3, 0.4) is 0 Å². The summed E-state index contributed by atoms with van der Waals surface area (Å²) in [6.45, 7) is 0.452. The van der Waals surface area contributed by atoms with Crippen molar-refractivity contribution in [1.82, 2.24) is 9.29 Å². The van der Waals surface area contributed by atoms with Crippen LogP contribution in [-0.4, -0.2) is 48.5 Å². The molecule has 7 nitrogen and oxygen atoms in total. The number of hydrogen-bond donors (Lipinski definition) is 1. The molecule has 30 heavy (non-hydrogen) atoms. The Bertz CT molecular complexity index is 1170. The molecule has 0 unspecified atom stereocenters. The molecule has 1 aliphatic rings. The summed E-state index contributed by atoms with van der Waals surface area (Å²) in [5, 5.41) is 9.40. The van der Waals surface area contributed by atoms with Gasteiger partial charge < -0.3 is 9.84 Å². The zero-order chi connectivity index (χ0) is 21.1. The lowest BCUT2D eigenvalue weighted by molar-refractivity contribution is -0.139. The number of carboxylic acid groups (broad SMARTS) is 1. The average molecular weight is 426 g/mol. The minimum atomic E-state index is -3.62. The molecule has 1 aliphatic heterocycles. The van der Waals surface area contributed by atoms with E-state index in [2.05, 4.69) is 4.98 Å². The molecule has 2 heterocycles. The number of nitrogens with zero attached hydrogens (tertiary/aromatic N) is 2. The highest BCUT2D eigenvalue weighted by atomic mass is 32.2. The third kappa shape index (κ3) is 4.15. The molecule has 0 radical (unpaired) electrons. The second-order valence-corrected chi connectivity index (χ2v) is 9.17. The highest BCUT2D eigenvalue weighted by Gasteiger charge is 2.31. The monoisotopic (exact) mass is 426 g/mol.